The van der Waals surface area contributed by atoms with Crippen LogP contribution in [0.4, 0.5) is 0 Å². The van der Waals surface area contributed by atoms with Crippen molar-refractivity contribution in [2.45, 2.75) is 0 Å². The Bertz CT molecular complexity index is 8.00. The molecule has 0 aliphatic carbocycles. The van der Waals surface area contributed by atoms with Crippen LogP contribution in [-0.4, -0.2) is 0 Å². The Morgan fingerprint density at radius 1 is 1.00 bits per heavy atom. The van der Waals surface area contributed by atoms with Crippen LogP contribution in [0.3, 0.4) is 0 Å². The van der Waals surface area contributed by atoms with Gasteiger partial charge in [-0.05, 0) is 0 Å². The number of hydrogen-bond acceptors (Lipinski definition) is 0. The molecule has 0 saturated carbocycles. The van der Waals surface area contributed by atoms with Crippen molar-refractivity contribution in [3.8, 4) is 0 Å². The van der Waals surface area contributed by atoms with Crippen molar-refractivity contribution in [1.82, 2.24) is 0 Å². The van der Waals surface area contributed by atoms with Gasteiger partial charge in [0.25, 0.3) is 0 Å². The average molecular weight is 346 g/mol. The van der Waals surface area contributed by atoms with Crippen molar-refractivity contribution in [2.75, 3.05) is 0 Å². The monoisotopic (exact) mass is 347 g/mol. The fourth-order valence-corrected chi connectivity index (χ4v) is 0. The second kappa shape index (κ2) is 18.1. The summed E-state index contributed by atoms with van der Waals surface area (Å²) >= 11 is 0. The van der Waals surface area contributed by atoms with Crippen LogP contribution in [-0.2, 0) is 76.6 Å². The maximum atomic E-state index is 0. The standard InChI is InChI=1S/Co.Fe.Ti.W. The Balaban J connectivity index is 0. The molecule has 0 heterocycles. The van der Waals surface area contributed by atoms with Crippen LogP contribution >= 0.6 is 0 Å². The molecule has 4 heavy (non-hydrogen) atoms. The van der Waals surface area contributed by atoms with Crippen molar-refractivity contribution in [3.05, 3.63) is 0 Å². The third-order valence-corrected chi connectivity index (χ3v) is 0. The molecule has 27 valence electrons. The van der Waals surface area contributed by atoms with Crippen LogP contribution in [0.1, 0.15) is 0 Å². The van der Waals surface area contributed by atoms with E-state index in [9.17, 15) is 0 Å². The molecule has 0 nitrogen and oxygen atoms in total. The van der Waals surface area contributed by atoms with E-state index in [1.807, 2.05) is 0 Å². The van der Waals surface area contributed by atoms with Crippen molar-refractivity contribution in [1.29, 1.82) is 0 Å². The first-order valence-electron chi connectivity index (χ1n) is 0. The zero-order valence-electron chi connectivity index (χ0n) is 1.60. The Labute approximate surface area is 75.7 Å². The van der Waals surface area contributed by atoms with Gasteiger partial charge in [-0.25, -0.2) is 0 Å². The molecule has 0 aliphatic rings. The summed E-state index contributed by atoms with van der Waals surface area (Å²) in [6.45, 7) is 0. The van der Waals surface area contributed by atoms with E-state index < -0.39 is 0 Å². The molecule has 0 rings (SSSR count). The van der Waals surface area contributed by atoms with Crippen LogP contribution in [0.5, 0.6) is 0 Å². The molecule has 0 N–H and O–H groups in total. The quantitative estimate of drug-likeness (QED) is 0.542. The second-order valence-corrected chi connectivity index (χ2v) is 0. The van der Waals surface area contributed by atoms with E-state index in [0.717, 1.165) is 0 Å². The fourth-order valence-electron chi connectivity index (χ4n) is 0. The Morgan fingerprint density at radius 2 is 1.00 bits per heavy atom. The summed E-state index contributed by atoms with van der Waals surface area (Å²) in [4.78, 5) is 0. The zero-order valence-corrected chi connectivity index (χ0v) is 8.24. The van der Waals surface area contributed by atoms with Gasteiger partial charge in [-0.1, -0.05) is 0 Å². The second-order valence-electron chi connectivity index (χ2n) is 0. The smallest absolute Gasteiger partial charge is 0 e. The minimum atomic E-state index is 0. The van der Waals surface area contributed by atoms with Gasteiger partial charge in [-0.15, -0.1) is 0 Å². The van der Waals surface area contributed by atoms with E-state index in [0.29, 0.717) is 0 Å². The summed E-state index contributed by atoms with van der Waals surface area (Å²) in [7, 11) is 0. The van der Waals surface area contributed by atoms with E-state index in [4.69, 9.17) is 0 Å². The largest absolute Gasteiger partial charge is 0 e. The normalized spacial score (nSPS) is 0. The minimum absolute atomic E-state index is 0. The molecule has 4 heteroatoms. The summed E-state index contributed by atoms with van der Waals surface area (Å²) in [6, 6.07) is 0. The molecule has 0 bridgehead atoms. The maximum Gasteiger partial charge on any atom is 0 e. The summed E-state index contributed by atoms with van der Waals surface area (Å²) < 4.78 is 0. The fraction of sp³-hybridized carbons (Fsp3) is 0. The van der Waals surface area contributed by atoms with Gasteiger partial charge < -0.3 is 0 Å². The number of hydrogen-bond donors (Lipinski definition) is 0. The Morgan fingerprint density at radius 3 is 1.00 bits per heavy atom. The first-order valence-corrected chi connectivity index (χ1v) is 0. The molecular weight excluding hydrogens is 346 g/mol. The average Bonchev–Trinajstić information content (AvgIpc) is 0. The van der Waals surface area contributed by atoms with Gasteiger partial charge in [0.2, 0.25) is 0 Å². The van der Waals surface area contributed by atoms with Crippen molar-refractivity contribution >= 4 is 0 Å². The van der Waals surface area contributed by atoms with Crippen molar-refractivity contribution in [2.24, 2.45) is 0 Å². The molecule has 0 aromatic heterocycles. The third kappa shape index (κ3) is 8.83. The van der Waals surface area contributed by atoms with E-state index in [-0.39, 0.29) is 76.6 Å². The summed E-state index contributed by atoms with van der Waals surface area (Å²) in [5.74, 6) is 0. The van der Waals surface area contributed by atoms with E-state index in [1.165, 1.54) is 0 Å². The maximum absolute atomic E-state index is 0. The molecule has 0 aliphatic heterocycles. The van der Waals surface area contributed by atoms with Gasteiger partial charge in [0.05, 0.1) is 0 Å². The molecular formula is CoFeTiW. The van der Waals surface area contributed by atoms with E-state index >= 15 is 0 Å². The van der Waals surface area contributed by atoms with Gasteiger partial charge in [0, 0.05) is 76.6 Å². The number of rotatable bonds is 0. The Hall–Kier alpha value is 2.43. The predicted octanol–water partition coefficient (Wildman–Crippen LogP) is -0.0100. The molecule has 0 spiro atoms. The van der Waals surface area contributed by atoms with Gasteiger partial charge in [-0.2, -0.15) is 0 Å². The van der Waals surface area contributed by atoms with E-state index in [2.05, 4.69) is 0 Å². The van der Waals surface area contributed by atoms with Gasteiger partial charge in [-0.3, -0.25) is 0 Å². The van der Waals surface area contributed by atoms with Crippen molar-refractivity contribution in [3.63, 3.8) is 0 Å². The van der Waals surface area contributed by atoms with Crippen LogP contribution in [0, 0.1) is 0 Å². The summed E-state index contributed by atoms with van der Waals surface area (Å²) in [6.07, 6.45) is 0. The van der Waals surface area contributed by atoms with Crippen LogP contribution < -0.4 is 0 Å². The van der Waals surface area contributed by atoms with Crippen LogP contribution in [0.25, 0.3) is 0 Å². The third-order valence-electron chi connectivity index (χ3n) is 0. The Kier molecular flexibility index (Phi) is 145. The van der Waals surface area contributed by atoms with Crippen LogP contribution in [0.2, 0.25) is 0 Å². The minimum Gasteiger partial charge on any atom is 0 e. The first kappa shape index (κ1) is 32.1. The SMILES string of the molecule is [Co].[Fe].[Ti].[W]. The molecule has 0 aromatic rings. The molecule has 0 aromatic carbocycles. The van der Waals surface area contributed by atoms with Gasteiger partial charge in [0.1, 0.15) is 0 Å². The van der Waals surface area contributed by atoms with Gasteiger partial charge in [0.15, 0.2) is 0 Å². The first-order chi connectivity index (χ1) is 0. The molecule has 0 amide bonds. The molecule has 1 radical (unpaired) electrons. The predicted molar refractivity (Wildman–Crippen MR) is 0 cm³/mol. The summed E-state index contributed by atoms with van der Waals surface area (Å²) in [5.41, 5.74) is 0. The summed E-state index contributed by atoms with van der Waals surface area (Å²) in [5, 5.41) is 0. The van der Waals surface area contributed by atoms with Gasteiger partial charge >= 0.3 is 0 Å². The topological polar surface area (TPSA) is 0 Å². The van der Waals surface area contributed by atoms with E-state index in [1.54, 1.807) is 0 Å². The van der Waals surface area contributed by atoms with Crippen molar-refractivity contribution < 1.29 is 76.6 Å². The zero-order chi connectivity index (χ0) is 0. The molecule has 0 saturated heterocycles. The molecule has 0 unspecified atom stereocenters. The molecule has 0 atom stereocenters. The molecule has 0 fully saturated rings. The van der Waals surface area contributed by atoms with Crippen LogP contribution in [0.15, 0.2) is 0 Å².